The van der Waals surface area contributed by atoms with Crippen LogP contribution in [0.15, 0.2) is 10.9 Å². The first kappa shape index (κ1) is 21.9. The highest BCUT2D eigenvalue weighted by Crippen LogP contribution is 2.52. The Balaban J connectivity index is 1.81. The van der Waals surface area contributed by atoms with Gasteiger partial charge in [-0.05, 0) is 26.7 Å². The van der Waals surface area contributed by atoms with Crippen molar-refractivity contribution >= 4 is 5.97 Å². The Kier molecular flexibility index (Phi) is 5.72. The van der Waals surface area contributed by atoms with Crippen LogP contribution in [-0.4, -0.2) is 60.7 Å². The molecule has 2 aliphatic rings. The molecule has 10 nitrogen and oxygen atoms in total. The normalized spacial score (nSPS) is 17.4. The third kappa shape index (κ3) is 3.64. The number of fused-ring (bicyclic) bond motifs is 2. The number of aromatic carboxylic acids is 1. The Bertz CT molecular complexity index is 1110. The summed E-state index contributed by atoms with van der Waals surface area (Å²) in [4.78, 5) is 31.7. The number of aromatic nitrogens is 2. The van der Waals surface area contributed by atoms with Crippen molar-refractivity contribution in [1.29, 1.82) is 0 Å². The van der Waals surface area contributed by atoms with Gasteiger partial charge in [0.05, 0.1) is 31.9 Å². The number of methoxy groups -OCH3 is 2. The molecule has 4 rings (SSSR count). The van der Waals surface area contributed by atoms with E-state index in [1.165, 1.54) is 7.11 Å². The second kappa shape index (κ2) is 8.34. The number of hydrogen-bond acceptors (Lipinski definition) is 8. The lowest BCUT2D eigenvalue weighted by Crippen LogP contribution is -2.33. The number of ether oxygens (including phenoxy) is 5. The van der Waals surface area contributed by atoms with Gasteiger partial charge >= 0.3 is 5.97 Å². The highest BCUT2D eigenvalue weighted by Gasteiger charge is 2.48. The van der Waals surface area contributed by atoms with E-state index in [0.29, 0.717) is 41.7 Å². The van der Waals surface area contributed by atoms with E-state index in [-0.39, 0.29) is 24.2 Å². The molecule has 0 amide bonds. The van der Waals surface area contributed by atoms with Crippen molar-refractivity contribution in [1.82, 2.24) is 9.97 Å². The maximum Gasteiger partial charge on any atom is 0.345 e. The number of aromatic amines is 1. The van der Waals surface area contributed by atoms with Gasteiger partial charge in [-0.15, -0.1) is 0 Å². The van der Waals surface area contributed by atoms with Gasteiger partial charge in [0.1, 0.15) is 17.0 Å². The summed E-state index contributed by atoms with van der Waals surface area (Å²) in [5.41, 5.74) is -0.713. The van der Waals surface area contributed by atoms with E-state index >= 15 is 0 Å². The molecule has 0 saturated carbocycles. The number of nitrogens with one attached hydrogen (secondary N) is 1. The maximum absolute atomic E-state index is 12.7. The molecule has 2 N–H and O–H groups in total. The van der Waals surface area contributed by atoms with Crippen LogP contribution in [-0.2, 0) is 4.74 Å². The average molecular weight is 446 g/mol. The fourth-order valence-electron chi connectivity index (χ4n) is 4.08. The summed E-state index contributed by atoms with van der Waals surface area (Å²) in [5.74, 6) is -0.561. The molecule has 172 valence electrons. The van der Waals surface area contributed by atoms with Crippen molar-refractivity contribution in [2.24, 2.45) is 0 Å². The van der Waals surface area contributed by atoms with Gasteiger partial charge in [-0.1, -0.05) is 0 Å². The Morgan fingerprint density at radius 3 is 2.75 bits per heavy atom. The number of carbonyl (C=O) groups is 1. The molecule has 1 unspecified atom stereocenters. The second-order valence-electron chi connectivity index (χ2n) is 8.21. The van der Waals surface area contributed by atoms with Crippen LogP contribution in [0, 0.1) is 0 Å². The first-order valence-electron chi connectivity index (χ1n) is 10.3. The third-order valence-corrected chi connectivity index (χ3v) is 5.73. The number of H-pyrrole nitrogens is 1. The molecule has 0 spiro atoms. The monoisotopic (exact) mass is 446 g/mol. The van der Waals surface area contributed by atoms with Gasteiger partial charge in [0.2, 0.25) is 0 Å². The van der Waals surface area contributed by atoms with Gasteiger partial charge in [-0.3, -0.25) is 4.79 Å². The number of rotatable bonds is 8. The highest BCUT2D eigenvalue weighted by atomic mass is 16.5. The summed E-state index contributed by atoms with van der Waals surface area (Å²) in [6, 6.07) is 1.68. The smallest absolute Gasteiger partial charge is 0.345 e. The van der Waals surface area contributed by atoms with Gasteiger partial charge in [-0.2, -0.15) is 0 Å². The van der Waals surface area contributed by atoms with E-state index < -0.39 is 22.7 Å². The van der Waals surface area contributed by atoms with Crippen molar-refractivity contribution in [3.8, 4) is 34.5 Å². The molecule has 0 radical (unpaired) electrons. The minimum atomic E-state index is -1.35. The van der Waals surface area contributed by atoms with Gasteiger partial charge in [0.15, 0.2) is 17.1 Å². The first-order chi connectivity index (χ1) is 15.3. The number of unbranched alkanes of at least 4 members (excludes halogenated alkanes) is 1. The van der Waals surface area contributed by atoms with Gasteiger partial charge < -0.3 is 33.8 Å². The van der Waals surface area contributed by atoms with Crippen molar-refractivity contribution in [2.75, 3.05) is 34.0 Å². The maximum atomic E-state index is 12.7. The predicted octanol–water partition coefficient (Wildman–Crippen LogP) is 2.60. The van der Waals surface area contributed by atoms with Crippen molar-refractivity contribution in [2.45, 2.75) is 38.2 Å². The van der Waals surface area contributed by atoms with Crippen LogP contribution in [0.2, 0.25) is 0 Å². The molecule has 0 saturated heterocycles. The molecule has 0 aliphatic carbocycles. The molecule has 0 fully saturated rings. The highest BCUT2D eigenvalue weighted by molar-refractivity contribution is 5.93. The zero-order valence-corrected chi connectivity index (χ0v) is 18.4. The summed E-state index contributed by atoms with van der Waals surface area (Å²) >= 11 is 0. The zero-order valence-electron chi connectivity index (χ0n) is 18.4. The summed E-state index contributed by atoms with van der Waals surface area (Å²) in [6.07, 6.45) is 1.65. The van der Waals surface area contributed by atoms with Gasteiger partial charge in [0, 0.05) is 25.3 Å². The molecule has 0 aromatic carbocycles. The molecule has 2 aromatic rings. The molecule has 2 aliphatic heterocycles. The topological polar surface area (TPSA) is 129 Å². The molecule has 32 heavy (non-hydrogen) atoms. The number of nitrogens with zero attached hydrogens (tertiary/aromatic N) is 1. The van der Waals surface area contributed by atoms with Crippen LogP contribution in [0.1, 0.15) is 48.5 Å². The van der Waals surface area contributed by atoms with Crippen molar-refractivity contribution in [3.63, 3.8) is 0 Å². The van der Waals surface area contributed by atoms with Crippen LogP contribution in [0.25, 0.3) is 11.4 Å². The summed E-state index contributed by atoms with van der Waals surface area (Å²) in [5, 5.41) is 9.60. The van der Waals surface area contributed by atoms with E-state index in [4.69, 9.17) is 23.7 Å². The second-order valence-corrected chi connectivity index (χ2v) is 8.21. The van der Waals surface area contributed by atoms with Crippen molar-refractivity contribution < 1.29 is 33.6 Å². The molecule has 2 aromatic heterocycles. The van der Waals surface area contributed by atoms with E-state index in [1.807, 2.05) is 13.8 Å². The van der Waals surface area contributed by atoms with Crippen LogP contribution in [0.3, 0.4) is 0 Å². The summed E-state index contributed by atoms with van der Waals surface area (Å²) in [7, 11) is 3.12. The molecule has 1 atom stereocenters. The Hall–Kier alpha value is -3.27. The van der Waals surface area contributed by atoms with Crippen LogP contribution in [0.4, 0.5) is 0 Å². The minimum absolute atomic E-state index is 0.0573. The largest absolute Gasteiger partial charge is 0.490 e. The van der Waals surface area contributed by atoms with Crippen molar-refractivity contribution in [3.05, 3.63) is 27.5 Å². The van der Waals surface area contributed by atoms with Gasteiger partial charge in [0.25, 0.3) is 11.4 Å². The summed E-state index contributed by atoms with van der Waals surface area (Å²) in [6.45, 7) is 4.98. The zero-order chi connectivity index (χ0) is 23.0. The van der Waals surface area contributed by atoms with E-state index in [0.717, 1.165) is 12.8 Å². The van der Waals surface area contributed by atoms with E-state index in [2.05, 4.69) is 9.97 Å². The number of hydrogen-bond donors (Lipinski definition) is 2. The van der Waals surface area contributed by atoms with Gasteiger partial charge in [-0.25, -0.2) is 9.78 Å². The lowest BCUT2D eigenvalue weighted by atomic mass is 9.86. The fraction of sp³-hybridized carbons (Fsp3) is 0.500. The number of pyridine rings is 2. The fourth-order valence-corrected chi connectivity index (χ4v) is 4.08. The van der Waals surface area contributed by atoms with Crippen LogP contribution in [0.5, 0.6) is 23.1 Å². The van der Waals surface area contributed by atoms with E-state index in [1.54, 1.807) is 13.2 Å². The lowest BCUT2D eigenvalue weighted by molar-refractivity contribution is 0.0667. The third-order valence-electron chi connectivity index (χ3n) is 5.73. The Morgan fingerprint density at radius 1 is 1.31 bits per heavy atom. The Labute approximate surface area is 184 Å². The quantitative estimate of drug-likeness (QED) is 0.588. The predicted molar refractivity (Wildman–Crippen MR) is 113 cm³/mol. The van der Waals surface area contributed by atoms with Crippen LogP contribution >= 0.6 is 0 Å². The Morgan fingerprint density at radius 2 is 2.06 bits per heavy atom. The average Bonchev–Trinajstić information content (AvgIpc) is 2.89. The SMILES string of the molecule is COCCCCOc1cc2c(nc1OC)-c1[nH]c(=O)c(C(=O)O)c3c1C(CO2)C(C)(C)O3. The minimum Gasteiger partial charge on any atom is -0.490 e. The van der Waals surface area contributed by atoms with E-state index in [9.17, 15) is 14.7 Å². The van der Waals surface area contributed by atoms with Crippen LogP contribution < -0.4 is 24.5 Å². The molecule has 4 heterocycles. The number of carboxylic acids is 1. The first-order valence-corrected chi connectivity index (χ1v) is 10.3. The lowest BCUT2D eigenvalue weighted by Gasteiger charge is -2.25. The molecular weight excluding hydrogens is 420 g/mol. The molecule has 10 heteroatoms. The summed E-state index contributed by atoms with van der Waals surface area (Å²) < 4.78 is 28.3. The standard InChI is InChI=1S/C22H26N2O8/c1-22(2)11-10-31-12-9-13(30-8-6-5-7-28-3)20(29-4)24-16(12)17-14(11)18(32-22)15(21(26)27)19(25)23-17/h9,11H,5-8,10H2,1-4H3,(H,23,25)(H,26,27). The number of carboxylic acid groups (broad SMARTS) is 1. The molecule has 0 bridgehead atoms. The molecular formula is C22H26N2O8.